The third-order valence-corrected chi connectivity index (χ3v) is 3.17. The van der Waals surface area contributed by atoms with Gasteiger partial charge in [-0.25, -0.2) is 14.0 Å². The molecule has 0 fully saturated rings. The Morgan fingerprint density at radius 2 is 2.20 bits per heavy atom. The first-order valence-electron chi connectivity index (χ1n) is 5.52. The molecular weight excluding hydrogens is 285 g/mol. The number of carbonyl (C=O) groups is 2. The third-order valence-electron chi connectivity index (χ3n) is 2.39. The number of carboxylic acid groups (broad SMARTS) is 1. The number of urea groups is 1. The highest BCUT2D eigenvalue weighted by molar-refractivity contribution is 7.09. The summed E-state index contributed by atoms with van der Waals surface area (Å²) in [6, 6.07) is 2.86. The fourth-order valence-corrected chi connectivity index (χ4v) is 2.02. The number of hydrogen-bond donors (Lipinski definition) is 3. The first kappa shape index (κ1) is 13.9. The van der Waals surface area contributed by atoms with Gasteiger partial charge in [-0.15, -0.1) is 11.3 Å². The van der Waals surface area contributed by atoms with Crippen LogP contribution < -0.4 is 10.6 Å². The Morgan fingerprint density at radius 3 is 2.85 bits per heavy atom. The van der Waals surface area contributed by atoms with E-state index in [1.165, 1.54) is 23.5 Å². The molecule has 0 saturated heterocycles. The highest BCUT2D eigenvalue weighted by atomic mass is 32.1. The molecule has 1 aromatic carbocycles. The van der Waals surface area contributed by atoms with E-state index in [0.717, 1.165) is 10.9 Å². The van der Waals surface area contributed by atoms with Crippen LogP contribution in [0.5, 0.6) is 0 Å². The van der Waals surface area contributed by atoms with Gasteiger partial charge >= 0.3 is 12.0 Å². The molecule has 0 radical (unpaired) electrons. The van der Waals surface area contributed by atoms with E-state index in [-0.39, 0.29) is 17.8 Å². The standard InChI is InChI=1S/C12H10FN3O3S/c13-9-3-1-2-8(11(17)18)10(9)16-12(19)15-5-7-4-14-6-20-7/h1-4,6H,5H2,(H,17,18)(H2,15,16,19). The molecule has 0 spiro atoms. The highest BCUT2D eigenvalue weighted by Crippen LogP contribution is 2.19. The number of anilines is 1. The van der Waals surface area contributed by atoms with Crippen LogP contribution in [0.1, 0.15) is 15.2 Å². The van der Waals surface area contributed by atoms with Crippen molar-refractivity contribution in [1.82, 2.24) is 10.3 Å². The fraction of sp³-hybridized carbons (Fsp3) is 0.0833. The van der Waals surface area contributed by atoms with Crippen molar-refractivity contribution < 1.29 is 19.1 Å². The summed E-state index contributed by atoms with van der Waals surface area (Å²) in [5.41, 5.74) is 0.952. The van der Waals surface area contributed by atoms with Crippen LogP contribution in [-0.2, 0) is 6.54 Å². The van der Waals surface area contributed by atoms with E-state index in [2.05, 4.69) is 15.6 Å². The molecule has 2 amide bonds. The van der Waals surface area contributed by atoms with Gasteiger partial charge in [0.05, 0.1) is 23.3 Å². The van der Waals surface area contributed by atoms with E-state index in [1.807, 2.05) is 0 Å². The first-order valence-corrected chi connectivity index (χ1v) is 6.40. The summed E-state index contributed by atoms with van der Waals surface area (Å²) < 4.78 is 13.6. The van der Waals surface area contributed by atoms with E-state index in [9.17, 15) is 14.0 Å². The summed E-state index contributed by atoms with van der Waals surface area (Å²) in [7, 11) is 0. The second-order valence-electron chi connectivity index (χ2n) is 3.74. The topological polar surface area (TPSA) is 91.3 Å². The van der Waals surface area contributed by atoms with Crippen LogP contribution in [-0.4, -0.2) is 22.1 Å². The van der Waals surface area contributed by atoms with E-state index in [1.54, 1.807) is 11.7 Å². The van der Waals surface area contributed by atoms with Crippen molar-refractivity contribution in [3.63, 3.8) is 0 Å². The molecule has 0 bridgehead atoms. The third kappa shape index (κ3) is 3.29. The number of rotatable bonds is 4. The van der Waals surface area contributed by atoms with Crippen LogP contribution in [0.25, 0.3) is 0 Å². The molecule has 0 atom stereocenters. The monoisotopic (exact) mass is 295 g/mol. The lowest BCUT2D eigenvalue weighted by Crippen LogP contribution is -2.29. The molecule has 8 heteroatoms. The number of aromatic carboxylic acids is 1. The minimum absolute atomic E-state index is 0.230. The van der Waals surface area contributed by atoms with Crippen LogP contribution in [0.3, 0.4) is 0 Å². The van der Waals surface area contributed by atoms with Gasteiger partial charge in [0.25, 0.3) is 0 Å². The van der Waals surface area contributed by atoms with Crippen molar-refractivity contribution in [1.29, 1.82) is 0 Å². The number of benzene rings is 1. The zero-order chi connectivity index (χ0) is 14.5. The van der Waals surface area contributed by atoms with Crippen molar-refractivity contribution in [2.45, 2.75) is 6.54 Å². The van der Waals surface area contributed by atoms with Gasteiger partial charge in [-0.3, -0.25) is 4.98 Å². The number of nitrogens with one attached hydrogen (secondary N) is 2. The number of thiazole rings is 1. The molecule has 0 aliphatic rings. The van der Waals surface area contributed by atoms with Crippen LogP contribution in [0.4, 0.5) is 14.9 Å². The van der Waals surface area contributed by atoms with Crippen molar-refractivity contribution in [3.05, 3.63) is 46.2 Å². The Labute approximate surface area is 117 Å². The molecule has 1 aromatic heterocycles. The van der Waals surface area contributed by atoms with Crippen molar-refractivity contribution in [3.8, 4) is 0 Å². The number of carboxylic acids is 1. The maximum Gasteiger partial charge on any atom is 0.337 e. The molecule has 0 saturated carbocycles. The molecule has 1 heterocycles. The largest absolute Gasteiger partial charge is 0.478 e. The van der Waals surface area contributed by atoms with Gasteiger partial charge in [-0.1, -0.05) is 6.07 Å². The first-order chi connectivity index (χ1) is 9.58. The van der Waals surface area contributed by atoms with Crippen molar-refractivity contribution in [2.24, 2.45) is 0 Å². The zero-order valence-corrected chi connectivity index (χ0v) is 10.9. The Kier molecular flexibility index (Phi) is 4.26. The number of nitrogens with zero attached hydrogens (tertiary/aromatic N) is 1. The number of para-hydroxylation sites is 1. The second-order valence-corrected chi connectivity index (χ2v) is 4.71. The Morgan fingerprint density at radius 1 is 1.40 bits per heavy atom. The summed E-state index contributed by atoms with van der Waals surface area (Å²) in [4.78, 5) is 27.3. The molecule has 3 N–H and O–H groups in total. The maximum atomic E-state index is 13.6. The molecule has 2 aromatic rings. The number of hydrogen-bond acceptors (Lipinski definition) is 4. The van der Waals surface area contributed by atoms with E-state index >= 15 is 0 Å². The summed E-state index contributed by atoms with van der Waals surface area (Å²) in [6.45, 7) is 0.230. The van der Waals surface area contributed by atoms with Crippen molar-refractivity contribution >= 4 is 29.0 Å². The molecule has 2 rings (SSSR count). The van der Waals surface area contributed by atoms with Gasteiger partial charge in [-0.05, 0) is 12.1 Å². The minimum Gasteiger partial charge on any atom is -0.478 e. The maximum absolute atomic E-state index is 13.6. The van der Waals surface area contributed by atoms with Crippen molar-refractivity contribution in [2.75, 3.05) is 5.32 Å². The minimum atomic E-state index is -1.32. The SMILES string of the molecule is O=C(NCc1cncs1)Nc1c(F)cccc1C(=O)O. The summed E-state index contributed by atoms with van der Waals surface area (Å²) in [5.74, 6) is -2.12. The van der Waals surface area contributed by atoms with Crippen LogP contribution in [0.15, 0.2) is 29.9 Å². The van der Waals surface area contributed by atoms with Gasteiger partial charge < -0.3 is 15.7 Å². The lowest BCUT2D eigenvalue weighted by molar-refractivity contribution is 0.0697. The van der Waals surface area contributed by atoms with Crippen LogP contribution in [0, 0.1) is 5.82 Å². The van der Waals surface area contributed by atoms with E-state index < -0.39 is 17.8 Å². The van der Waals surface area contributed by atoms with Crippen LogP contribution >= 0.6 is 11.3 Å². The average Bonchev–Trinajstić information content (AvgIpc) is 2.91. The second kappa shape index (κ2) is 6.11. The van der Waals surface area contributed by atoms with Gasteiger partial charge in [0.15, 0.2) is 0 Å². The normalized spacial score (nSPS) is 10.1. The molecule has 0 aliphatic carbocycles. The number of halogens is 1. The fourth-order valence-electron chi connectivity index (χ4n) is 1.48. The van der Waals surface area contributed by atoms with E-state index in [4.69, 9.17) is 5.11 Å². The summed E-state index contributed by atoms with van der Waals surface area (Å²) in [5, 5.41) is 13.6. The molecule has 0 aliphatic heterocycles. The molecule has 6 nitrogen and oxygen atoms in total. The van der Waals surface area contributed by atoms with Gasteiger partial charge in [0, 0.05) is 11.1 Å². The Hall–Kier alpha value is -2.48. The predicted molar refractivity (Wildman–Crippen MR) is 71.3 cm³/mol. The lowest BCUT2D eigenvalue weighted by Gasteiger charge is -2.10. The quantitative estimate of drug-likeness (QED) is 0.807. The van der Waals surface area contributed by atoms with Gasteiger partial charge in [-0.2, -0.15) is 0 Å². The Bertz CT molecular complexity index is 631. The number of aromatic nitrogens is 1. The Balaban J connectivity index is 2.06. The number of amides is 2. The van der Waals surface area contributed by atoms with Gasteiger partial charge in [0.1, 0.15) is 5.82 Å². The van der Waals surface area contributed by atoms with Crippen LogP contribution in [0.2, 0.25) is 0 Å². The lowest BCUT2D eigenvalue weighted by atomic mass is 10.1. The average molecular weight is 295 g/mol. The summed E-state index contributed by atoms with van der Waals surface area (Å²) in [6.07, 6.45) is 1.59. The highest BCUT2D eigenvalue weighted by Gasteiger charge is 2.16. The molecule has 20 heavy (non-hydrogen) atoms. The summed E-state index contributed by atoms with van der Waals surface area (Å²) >= 11 is 1.36. The van der Waals surface area contributed by atoms with E-state index in [0.29, 0.717) is 0 Å². The predicted octanol–water partition coefficient (Wildman–Crippen LogP) is 2.30. The number of carbonyl (C=O) groups excluding carboxylic acids is 1. The zero-order valence-electron chi connectivity index (χ0n) is 10.1. The molecular formula is C12H10FN3O3S. The molecule has 104 valence electrons. The van der Waals surface area contributed by atoms with Gasteiger partial charge in [0.2, 0.25) is 0 Å². The molecule has 0 unspecified atom stereocenters. The smallest absolute Gasteiger partial charge is 0.337 e.